The maximum atomic E-state index is 4.69. The van der Waals surface area contributed by atoms with E-state index < -0.39 is 0 Å². The normalized spacial score (nSPS) is 19.0. The van der Waals surface area contributed by atoms with Crippen molar-refractivity contribution in [1.29, 1.82) is 0 Å². The molecule has 112 valence electrons. The van der Waals surface area contributed by atoms with E-state index in [0.29, 0.717) is 5.41 Å². The summed E-state index contributed by atoms with van der Waals surface area (Å²) in [5.41, 5.74) is 3.30. The zero-order valence-electron chi connectivity index (χ0n) is 13.1. The number of thiol groups is 1. The summed E-state index contributed by atoms with van der Waals surface area (Å²) in [7, 11) is 2.27. The van der Waals surface area contributed by atoms with Crippen LogP contribution in [-0.2, 0) is 6.54 Å². The lowest BCUT2D eigenvalue weighted by molar-refractivity contribution is 0.170. The minimum atomic E-state index is 0.442. The molecule has 2 heteroatoms. The number of hydrogen-bond acceptors (Lipinski definition) is 2. The first-order valence-electron chi connectivity index (χ1n) is 7.99. The van der Waals surface area contributed by atoms with Gasteiger partial charge in [0.1, 0.15) is 0 Å². The van der Waals surface area contributed by atoms with Gasteiger partial charge >= 0.3 is 0 Å². The summed E-state index contributed by atoms with van der Waals surface area (Å²) in [5.74, 6) is 1.03. The van der Waals surface area contributed by atoms with E-state index in [1.165, 1.54) is 56.2 Å². The highest BCUT2D eigenvalue weighted by atomic mass is 32.1. The molecule has 0 spiro atoms. The fraction of sp³-hybridized carbons (Fsp3) is 0.667. The van der Waals surface area contributed by atoms with Gasteiger partial charge in [0.2, 0.25) is 0 Å². The molecular formula is C18H29NS. The first-order valence-corrected chi connectivity index (χ1v) is 8.62. The van der Waals surface area contributed by atoms with Crippen LogP contribution in [0.2, 0.25) is 0 Å². The predicted octanol–water partition coefficient (Wildman–Crippen LogP) is 4.70. The minimum absolute atomic E-state index is 0.442. The van der Waals surface area contributed by atoms with Crippen LogP contribution >= 0.6 is 12.6 Å². The molecule has 1 aromatic carbocycles. The van der Waals surface area contributed by atoms with Gasteiger partial charge in [0, 0.05) is 13.1 Å². The van der Waals surface area contributed by atoms with Gasteiger partial charge < -0.3 is 4.90 Å². The number of rotatable bonds is 5. The van der Waals surface area contributed by atoms with Gasteiger partial charge in [-0.15, -0.1) is 0 Å². The van der Waals surface area contributed by atoms with Crippen LogP contribution in [0, 0.1) is 12.3 Å². The van der Waals surface area contributed by atoms with E-state index in [0.717, 1.165) is 12.3 Å². The SMILES string of the molecule is Cc1ccccc1CN(C)CC1(CS)CCCCCC1. The van der Waals surface area contributed by atoms with Crippen LogP contribution < -0.4 is 0 Å². The zero-order valence-corrected chi connectivity index (χ0v) is 14.0. The smallest absolute Gasteiger partial charge is 0.0233 e. The molecule has 0 unspecified atom stereocenters. The van der Waals surface area contributed by atoms with E-state index in [4.69, 9.17) is 12.6 Å². The molecule has 1 aromatic rings. The molecule has 0 atom stereocenters. The fourth-order valence-electron chi connectivity index (χ4n) is 3.55. The second kappa shape index (κ2) is 7.51. The van der Waals surface area contributed by atoms with Crippen molar-refractivity contribution in [3.05, 3.63) is 35.4 Å². The summed E-state index contributed by atoms with van der Waals surface area (Å²) in [6.45, 7) is 4.45. The molecule has 1 aliphatic rings. The van der Waals surface area contributed by atoms with E-state index >= 15 is 0 Å². The van der Waals surface area contributed by atoms with E-state index in [9.17, 15) is 0 Å². The van der Waals surface area contributed by atoms with E-state index in [-0.39, 0.29) is 0 Å². The van der Waals surface area contributed by atoms with Gasteiger partial charge in [-0.1, -0.05) is 49.9 Å². The molecule has 0 N–H and O–H groups in total. The minimum Gasteiger partial charge on any atom is -0.302 e. The highest BCUT2D eigenvalue weighted by Gasteiger charge is 2.30. The third-order valence-electron chi connectivity index (χ3n) is 4.81. The van der Waals surface area contributed by atoms with Gasteiger partial charge in [0.05, 0.1) is 0 Å². The molecule has 2 rings (SSSR count). The lowest BCUT2D eigenvalue weighted by atomic mass is 9.81. The average molecular weight is 292 g/mol. The molecule has 1 aliphatic carbocycles. The first kappa shape index (κ1) is 15.9. The van der Waals surface area contributed by atoms with Crippen molar-refractivity contribution in [3.63, 3.8) is 0 Å². The maximum Gasteiger partial charge on any atom is 0.0233 e. The Balaban J connectivity index is 1.98. The predicted molar refractivity (Wildman–Crippen MR) is 91.5 cm³/mol. The summed E-state index contributed by atoms with van der Waals surface area (Å²) in [4.78, 5) is 2.50. The number of benzene rings is 1. The first-order chi connectivity index (χ1) is 9.65. The molecule has 20 heavy (non-hydrogen) atoms. The van der Waals surface area contributed by atoms with Crippen molar-refractivity contribution in [1.82, 2.24) is 4.90 Å². The van der Waals surface area contributed by atoms with Gasteiger partial charge in [-0.3, -0.25) is 0 Å². The molecular weight excluding hydrogens is 262 g/mol. The summed E-state index contributed by atoms with van der Waals surface area (Å²) in [6.07, 6.45) is 8.31. The Kier molecular flexibility index (Phi) is 5.98. The Labute approximate surface area is 130 Å². The Morgan fingerprint density at radius 2 is 1.75 bits per heavy atom. The van der Waals surface area contributed by atoms with E-state index in [1.54, 1.807) is 0 Å². The Bertz CT molecular complexity index is 408. The molecule has 0 aromatic heterocycles. The van der Waals surface area contributed by atoms with E-state index in [2.05, 4.69) is 43.1 Å². The van der Waals surface area contributed by atoms with Crippen LogP contribution in [0.1, 0.15) is 49.7 Å². The van der Waals surface area contributed by atoms with E-state index in [1.807, 2.05) is 0 Å². The van der Waals surface area contributed by atoms with Crippen LogP contribution in [0.25, 0.3) is 0 Å². The number of aryl methyl sites for hydroxylation is 1. The highest BCUT2D eigenvalue weighted by molar-refractivity contribution is 7.80. The topological polar surface area (TPSA) is 3.24 Å². The highest BCUT2D eigenvalue weighted by Crippen LogP contribution is 2.37. The average Bonchev–Trinajstić information content (AvgIpc) is 2.67. The molecule has 0 amide bonds. The molecule has 1 saturated carbocycles. The van der Waals surface area contributed by atoms with Gasteiger partial charge in [-0.25, -0.2) is 0 Å². The Morgan fingerprint density at radius 1 is 1.10 bits per heavy atom. The third-order valence-corrected chi connectivity index (χ3v) is 5.48. The molecule has 0 bridgehead atoms. The van der Waals surface area contributed by atoms with Crippen molar-refractivity contribution in [2.75, 3.05) is 19.3 Å². The fourth-order valence-corrected chi connectivity index (χ4v) is 3.97. The standard InChI is InChI=1S/C18H29NS/c1-16-9-5-6-10-17(16)13-19(2)14-18(15-20)11-7-3-4-8-12-18/h5-6,9-10,20H,3-4,7-8,11-15H2,1-2H3. The van der Waals surface area contributed by atoms with Crippen molar-refractivity contribution < 1.29 is 0 Å². The van der Waals surface area contributed by atoms with Crippen LogP contribution in [0.4, 0.5) is 0 Å². The Morgan fingerprint density at radius 3 is 2.35 bits per heavy atom. The monoisotopic (exact) mass is 291 g/mol. The van der Waals surface area contributed by atoms with Crippen LogP contribution in [0.3, 0.4) is 0 Å². The molecule has 0 aliphatic heterocycles. The zero-order chi connectivity index (χ0) is 14.4. The van der Waals surface area contributed by atoms with Crippen LogP contribution in [-0.4, -0.2) is 24.2 Å². The van der Waals surface area contributed by atoms with Gasteiger partial charge in [-0.2, -0.15) is 12.6 Å². The summed E-state index contributed by atoms with van der Waals surface area (Å²) in [5, 5.41) is 0. The Hall–Kier alpha value is -0.470. The van der Waals surface area contributed by atoms with Crippen LogP contribution in [0.5, 0.6) is 0 Å². The summed E-state index contributed by atoms with van der Waals surface area (Å²) in [6, 6.07) is 8.74. The van der Waals surface area contributed by atoms with Crippen LogP contribution in [0.15, 0.2) is 24.3 Å². The molecule has 1 nitrogen and oxygen atoms in total. The lowest BCUT2D eigenvalue weighted by Gasteiger charge is -2.35. The van der Waals surface area contributed by atoms with Gasteiger partial charge in [-0.05, 0) is 49.1 Å². The van der Waals surface area contributed by atoms with Crippen molar-refractivity contribution in [3.8, 4) is 0 Å². The molecule has 0 heterocycles. The second-order valence-corrected chi connectivity index (χ2v) is 6.99. The van der Waals surface area contributed by atoms with Crippen molar-refractivity contribution in [2.24, 2.45) is 5.41 Å². The summed E-state index contributed by atoms with van der Waals surface area (Å²) >= 11 is 4.69. The third kappa shape index (κ3) is 4.26. The molecule has 1 fully saturated rings. The number of hydrogen-bond donors (Lipinski definition) is 1. The number of nitrogens with zero attached hydrogens (tertiary/aromatic N) is 1. The largest absolute Gasteiger partial charge is 0.302 e. The maximum absolute atomic E-state index is 4.69. The second-order valence-electron chi connectivity index (χ2n) is 6.67. The summed E-state index contributed by atoms with van der Waals surface area (Å²) < 4.78 is 0. The molecule has 0 radical (unpaired) electrons. The molecule has 0 saturated heterocycles. The van der Waals surface area contributed by atoms with Crippen molar-refractivity contribution in [2.45, 2.75) is 52.0 Å². The van der Waals surface area contributed by atoms with Gasteiger partial charge in [0.15, 0.2) is 0 Å². The van der Waals surface area contributed by atoms with Gasteiger partial charge in [0.25, 0.3) is 0 Å². The quantitative estimate of drug-likeness (QED) is 0.608. The van der Waals surface area contributed by atoms with Crippen molar-refractivity contribution >= 4 is 12.6 Å². The lowest BCUT2D eigenvalue weighted by Crippen LogP contribution is -2.36.